The molecule has 0 aromatic heterocycles. The standard InChI is InChI=1S/C8H10/c1-5-8(4)6-7(2)3/h1,6H,2H2,3-4H3. The van der Waals surface area contributed by atoms with Crippen LogP contribution in [0.4, 0.5) is 0 Å². The van der Waals surface area contributed by atoms with Gasteiger partial charge in [-0.2, -0.15) is 0 Å². The summed E-state index contributed by atoms with van der Waals surface area (Å²) in [6, 6.07) is 0. The molecular formula is C8H10. The van der Waals surface area contributed by atoms with Crippen molar-refractivity contribution in [3.05, 3.63) is 23.8 Å². The van der Waals surface area contributed by atoms with Crippen molar-refractivity contribution in [1.29, 1.82) is 0 Å². The number of rotatable bonds is 1. The molecule has 0 heterocycles. The van der Waals surface area contributed by atoms with Crippen molar-refractivity contribution >= 4 is 0 Å². The Bertz CT molecular complexity index is 153. The first kappa shape index (κ1) is 7.04. The van der Waals surface area contributed by atoms with Gasteiger partial charge in [-0.25, -0.2) is 0 Å². The fourth-order valence-electron chi connectivity index (χ4n) is 0.411. The van der Waals surface area contributed by atoms with Crippen LogP contribution in [0.3, 0.4) is 0 Å². The van der Waals surface area contributed by atoms with Crippen LogP contribution in [0.25, 0.3) is 0 Å². The van der Waals surface area contributed by atoms with E-state index in [0.717, 1.165) is 11.1 Å². The molecule has 0 saturated carbocycles. The van der Waals surface area contributed by atoms with Crippen LogP contribution in [0.5, 0.6) is 0 Å². The van der Waals surface area contributed by atoms with Gasteiger partial charge in [0.25, 0.3) is 0 Å². The predicted octanol–water partition coefficient (Wildman–Crippen LogP) is 2.14. The molecule has 0 N–H and O–H groups in total. The molecule has 42 valence electrons. The average molecular weight is 106 g/mol. The fourth-order valence-corrected chi connectivity index (χ4v) is 0.411. The van der Waals surface area contributed by atoms with Crippen LogP contribution >= 0.6 is 0 Å². The Hall–Kier alpha value is -0.960. The molecule has 0 aliphatic rings. The molecule has 0 saturated heterocycles. The van der Waals surface area contributed by atoms with E-state index in [4.69, 9.17) is 6.42 Å². The Balaban J connectivity index is 4.01. The molecular weight excluding hydrogens is 96.1 g/mol. The molecule has 0 nitrogen and oxygen atoms in total. The lowest BCUT2D eigenvalue weighted by Gasteiger charge is -1.85. The third kappa shape index (κ3) is 3.24. The molecule has 0 aliphatic carbocycles. The fraction of sp³-hybridized carbons (Fsp3) is 0.250. The monoisotopic (exact) mass is 106 g/mol. The van der Waals surface area contributed by atoms with Crippen molar-refractivity contribution in [2.24, 2.45) is 0 Å². The maximum Gasteiger partial charge on any atom is -0.00110 e. The quantitative estimate of drug-likeness (QED) is 0.355. The van der Waals surface area contributed by atoms with E-state index >= 15 is 0 Å². The maximum atomic E-state index is 5.06. The first-order chi connectivity index (χ1) is 3.66. The van der Waals surface area contributed by atoms with Crippen molar-refractivity contribution in [1.82, 2.24) is 0 Å². The Labute approximate surface area is 50.9 Å². The van der Waals surface area contributed by atoms with Crippen molar-refractivity contribution in [3.63, 3.8) is 0 Å². The van der Waals surface area contributed by atoms with Crippen LogP contribution in [-0.4, -0.2) is 0 Å². The van der Waals surface area contributed by atoms with Crippen molar-refractivity contribution in [2.45, 2.75) is 13.8 Å². The van der Waals surface area contributed by atoms with E-state index in [2.05, 4.69) is 12.5 Å². The summed E-state index contributed by atoms with van der Waals surface area (Å²) in [4.78, 5) is 0. The minimum atomic E-state index is 0.928. The summed E-state index contributed by atoms with van der Waals surface area (Å²) in [6.07, 6.45) is 6.94. The summed E-state index contributed by atoms with van der Waals surface area (Å²) < 4.78 is 0. The summed E-state index contributed by atoms with van der Waals surface area (Å²) in [5.41, 5.74) is 1.93. The van der Waals surface area contributed by atoms with E-state index in [0.29, 0.717) is 0 Å². The van der Waals surface area contributed by atoms with E-state index in [1.807, 2.05) is 19.9 Å². The second kappa shape index (κ2) is 3.10. The molecule has 0 rings (SSSR count). The Morgan fingerprint density at radius 1 is 1.62 bits per heavy atom. The minimum absolute atomic E-state index is 0.928. The minimum Gasteiger partial charge on any atom is -0.115 e. The zero-order valence-electron chi connectivity index (χ0n) is 5.36. The van der Waals surface area contributed by atoms with E-state index in [9.17, 15) is 0 Å². The molecule has 0 radical (unpaired) electrons. The van der Waals surface area contributed by atoms with Crippen LogP contribution in [0.1, 0.15) is 13.8 Å². The molecule has 0 amide bonds. The van der Waals surface area contributed by atoms with Gasteiger partial charge in [0.1, 0.15) is 0 Å². The summed E-state index contributed by atoms with van der Waals surface area (Å²) in [6.45, 7) is 7.47. The van der Waals surface area contributed by atoms with Gasteiger partial charge >= 0.3 is 0 Å². The lowest BCUT2D eigenvalue weighted by Crippen LogP contribution is -1.67. The Morgan fingerprint density at radius 3 is 2.25 bits per heavy atom. The van der Waals surface area contributed by atoms with Gasteiger partial charge in [-0.15, -0.1) is 6.42 Å². The van der Waals surface area contributed by atoms with Crippen LogP contribution < -0.4 is 0 Å². The lowest BCUT2D eigenvalue weighted by molar-refractivity contribution is 1.48. The molecule has 0 aromatic rings. The molecule has 0 heteroatoms. The van der Waals surface area contributed by atoms with Gasteiger partial charge in [0.2, 0.25) is 0 Å². The van der Waals surface area contributed by atoms with Crippen LogP contribution in [0.2, 0.25) is 0 Å². The SMILES string of the molecule is C#CC(C)=CC(=C)C. The van der Waals surface area contributed by atoms with E-state index in [1.54, 1.807) is 0 Å². The van der Waals surface area contributed by atoms with Gasteiger partial charge in [0.15, 0.2) is 0 Å². The van der Waals surface area contributed by atoms with Crippen molar-refractivity contribution in [3.8, 4) is 12.3 Å². The molecule has 0 unspecified atom stereocenters. The average Bonchev–Trinajstić information content (AvgIpc) is 1.65. The van der Waals surface area contributed by atoms with E-state index in [-0.39, 0.29) is 0 Å². The second-order valence-electron chi connectivity index (χ2n) is 1.82. The molecule has 8 heavy (non-hydrogen) atoms. The summed E-state index contributed by atoms with van der Waals surface area (Å²) in [5.74, 6) is 2.50. The van der Waals surface area contributed by atoms with Crippen molar-refractivity contribution < 1.29 is 0 Å². The first-order valence-corrected chi connectivity index (χ1v) is 2.47. The van der Waals surface area contributed by atoms with Gasteiger partial charge < -0.3 is 0 Å². The van der Waals surface area contributed by atoms with Gasteiger partial charge in [-0.3, -0.25) is 0 Å². The lowest BCUT2D eigenvalue weighted by atomic mass is 10.2. The maximum absolute atomic E-state index is 5.06. The van der Waals surface area contributed by atoms with Crippen molar-refractivity contribution in [2.75, 3.05) is 0 Å². The molecule has 0 aromatic carbocycles. The Kier molecular flexibility index (Phi) is 2.72. The van der Waals surface area contributed by atoms with Crippen LogP contribution in [0, 0.1) is 12.3 Å². The second-order valence-corrected chi connectivity index (χ2v) is 1.82. The molecule has 0 bridgehead atoms. The highest BCUT2D eigenvalue weighted by Gasteiger charge is 1.77. The largest absolute Gasteiger partial charge is 0.115 e. The highest BCUT2D eigenvalue weighted by atomic mass is 13.8. The molecule has 0 aliphatic heterocycles. The Morgan fingerprint density at radius 2 is 2.12 bits per heavy atom. The summed E-state index contributed by atoms with van der Waals surface area (Å²) >= 11 is 0. The smallest absolute Gasteiger partial charge is 0.00110 e. The van der Waals surface area contributed by atoms with Gasteiger partial charge in [0.05, 0.1) is 0 Å². The van der Waals surface area contributed by atoms with Gasteiger partial charge in [-0.1, -0.05) is 18.1 Å². The molecule has 0 spiro atoms. The van der Waals surface area contributed by atoms with Gasteiger partial charge in [0, 0.05) is 0 Å². The number of allylic oxidation sites excluding steroid dienone is 3. The topological polar surface area (TPSA) is 0 Å². The number of terminal acetylenes is 1. The number of hydrogen-bond acceptors (Lipinski definition) is 0. The predicted molar refractivity (Wildman–Crippen MR) is 37.4 cm³/mol. The molecule has 0 atom stereocenters. The normalized spacial score (nSPS) is 10.4. The summed E-state index contributed by atoms with van der Waals surface area (Å²) in [7, 11) is 0. The zero-order valence-corrected chi connectivity index (χ0v) is 5.36. The highest BCUT2D eigenvalue weighted by molar-refractivity contribution is 5.29. The third-order valence-electron chi connectivity index (χ3n) is 0.691. The van der Waals surface area contributed by atoms with E-state index in [1.165, 1.54) is 0 Å². The summed E-state index contributed by atoms with van der Waals surface area (Å²) in [5, 5.41) is 0. The third-order valence-corrected chi connectivity index (χ3v) is 0.691. The van der Waals surface area contributed by atoms with Crippen LogP contribution in [-0.2, 0) is 0 Å². The molecule has 0 fully saturated rings. The number of hydrogen-bond donors (Lipinski definition) is 0. The van der Waals surface area contributed by atoms with Gasteiger partial charge in [-0.05, 0) is 25.5 Å². The van der Waals surface area contributed by atoms with E-state index < -0.39 is 0 Å². The highest BCUT2D eigenvalue weighted by Crippen LogP contribution is 1.95. The van der Waals surface area contributed by atoms with Crippen LogP contribution in [0.15, 0.2) is 23.8 Å². The first-order valence-electron chi connectivity index (χ1n) is 2.47. The zero-order chi connectivity index (χ0) is 6.57.